The van der Waals surface area contributed by atoms with Gasteiger partial charge in [0.1, 0.15) is 12.3 Å². The lowest BCUT2D eigenvalue weighted by atomic mass is 10.2. The monoisotopic (exact) mass is 471 g/mol. The van der Waals surface area contributed by atoms with Crippen molar-refractivity contribution in [3.63, 3.8) is 0 Å². The Bertz CT molecular complexity index is 1230. The molecule has 0 fully saturated rings. The van der Waals surface area contributed by atoms with Crippen LogP contribution in [0.3, 0.4) is 0 Å². The molecule has 1 aromatic heterocycles. The summed E-state index contributed by atoms with van der Waals surface area (Å²) in [5.74, 6) is 0.556. The smallest absolute Gasteiger partial charge is 0.264 e. The molecule has 2 aromatic carbocycles. The molecular formula is C23H25N3O6S. The Labute approximate surface area is 193 Å². The molecule has 0 aliphatic rings. The first-order valence-electron chi connectivity index (χ1n) is 9.89. The number of carbonyl (C=O) groups excluding carboxylic acids is 1. The topological polar surface area (TPSA) is 107 Å². The molecule has 0 unspecified atom stereocenters. The number of amides is 1. The van der Waals surface area contributed by atoms with Crippen LogP contribution in [-0.4, -0.2) is 47.2 Å². The number of aryl methyl sites for hydroxylation is 1. The third kappa shape index (κ3) is 5.35. The molecule has 0 saturated carbocycles. The zero-order valence-electron chi connectivity index (χ0n) is 18.7. The van der Waals surface area contributed by atoms with E-state index in [0.717, 1.165) is 4.31 Å². The largest absolute Gasteiger partial charge is 0.497 e. The zero-order valence-corrected chi connectivity index (χ0v) is 19.5. The van der Waals surface area contributed by atoms with Crippen LogP contribution < -0.4 is 23.8 Å². The molecule has 33 heavy (non-hydrogen) atoms. The summed E-state index contributed by atoms with van der Waals surface area (Å²) in [6.07, 6.45) is 3.05. The molecule has 0 aliphatic heterocycles. The van der Waals surface area contributed by atoms with E-state index in [4.69, 9.17) is 14.2 Å². The van der Waals surface area contributed by atoms with Crippen LogP contribution in [0.25, 0.3) is 0 Å². The molecule has 0 atom stereocenters. The van der Waals surface area contributed by atoms with Gasteiger partial charge in [-0.2, -0.15) is 0 Å². The molecular weight excluding hydrogens is 446 g/mol. The van der Waals surface area contributed by atoms with Gasteiger partial charge in [-0.05, 0) is 42.8 Å². The molecule has 0 spiro atoms. The summed E-state index contributed by atoms with van der Waals surface area (Å²) < 4.78 is 44.3. The van der Waals surface area contributed by atoms with Gasteiger partial charge in [0.2, 0.25) is 5.91 Å². The van der Waals surface area contributed by atoms with Crippen molar-refractivity contribution >= 4 is 27.3 Å². The summed E-state index contributed by atoms with van der Waals surface area (Å²) in [6, 6.07) is 12.6. The van der Waals surface area contributed by atoms with E-state index in [1.165, 1.54) is 45.7 Å². The van der Waals surface area contributed by atoms with Crippen molar-refractivity contribution in [1.29, 1.82) is 0 Å². The quantitative estimate of drug-likeness (QED) is 0.510. The van der Waals surface area contributed by atoms with Gasteiger partial charge in [-0.3, -0.25) is 14.1 Å². The minimum atomic E-state index is -4.18. The highest BCUT2D eigenvalue weighted by atomic mass is 32.2. The Kier molecular flexibility index (Phi) is 7.39. The number of anilines is 2. The minimum Gasteiger partial charge on any atom is -0.497 e. The van der Waals surface area contributed by atoms with Crippen molar-refractivity contribution in [3.8, 4) is 17.2 Å². The maximum Gasteiger partial charge on any atom is 0.264 e. The van der Waals surface area contributed by atoms with Crippen LogP contribution in [0.2, 0.25) is 0 Å². The normalized spacial score (nSPS) is 10.9. The average molecular weight is 472 g/mol. The third-order valence-corrected chi connectivity index (χ3v) is 6.62. The van der Waals surface area contributed by atoms with Gasteiger partial charge < -0.3 is 19.5 Å². The summed E-state index contributed by atoms with van der Waals surface area (Å²) >= 11 is 0. The SMILES string of the molecule is COc1ccc(C)c(N(CC(=O)Nc2cccnc2)S(=O)(=O)c2ccc(OC)c(OC)c2)c1. The van der Waals surface area contributed by atoms with E-state index in [9.17, 15) is 13.2 Å². The third-order valence-electron chi connectivity index (χ3n) is 4.86. The van der Waals surface area contributed by atoms with Crippen LogP contribution in [0.4, 0.5) is 11.4 Å². The van der Waals surface area contributed by atoms with Gasteiger partial charge in [0.05, 0.1) is 43.8 Å². The Morgan fingerprint density at radius 2 is 1.76 bits per heavy atom. The van der Waals surface area contributed by atoms with E-state index in [2.05, 4.69) is 10.3 Å². The fourth-order valence-corrected chi connectivity index (χ4v) is 4.65. The highest BCUT2D eigenvalue weighted by molar-refractivity contribution is 7.92. The Morgan fingerprint density at radius 1 is 1.00 bits per heavy atom. The number of carbonyl (C=O) groups is 1. The fraction of sp³-hybridized carbons (Fsp3) is 0.217. The summed E-state index contributed by atoms with van der Waals surface area (Å²) in [6.45, 7) is 1.28. The number of hydrogen-bond acceptors (Lipinski definition) is 7. The number of benzene rings is 2. The molecule has 0 radical (unpaired) electrons. The van der Waals surface area contributed by atoms with Gasteiger partial charge >= 0.3 is 0 Å². The number of aromatic nitrogens is 1. The molecule has 1 heterocycles. The molecule has 1 N–H and O–H groups in total. The maximum absolute atomic E-state index is 13.7. The molecule has 3 aromatic rings. The number of ether oxygens (including phenoxy) is 3. The number of hydrogen-bond donors (Lipinski definition) is 1. The number of pyridine rings is 1. The van der Waals surface area contributed by atoms with Crippen LogP contribution in [0, 0.1) is 6.92 Å². The van der Waals surface area contributed by atoms with Crippen LogP contribution in [0.5, 0.6) is 17.2 Å². The number of sulfonamides is 1. The lowest BCUT2D eigenvalue weighted by Gasteiger charge is -2.26. The summed E-state index contributed by atoms with van der Waals surface area (Å²) in [5, 5.41) is 2.67. The zero-order chi connectivity index (χ0) is 24.0. The van der Waals surface area contributed by atoms with Gasteiger partial charge in [0.25, 0.3) is 10.0 Å². The van der Waals surface area contributed by atoms with E-state index >= 15 is 0 Å². The van der Waals surface area contributed by atoms with Crippen molar-refractivity contribution < 1.29 is 27.4 Å². The summed E-state index contributed by atoms with van der Waals surface area (Å²) in [4.78, 5) is 16.7. The predicted octanol–water partition coefficient (Wildman–Crippen LogP) is 3.25. The number of rotatable bonds is 9. The van der Waals surface area contributed by atoms with Gasteiger partial charge in [-0.1, -0.05) is 6.07 Å². The van der Waals surface area contributed by atoms with Crippen LogP contribution >= 0.6 is 0 Å². The first-order valence-corrected chi connectivity index (χ1v) is 11.3. The highest BCUT2D eigenvalue weighted by Gasteiger charge is 2.30. The lowest BCUT2D eigenvalue weighted by molar-refractivity contribution is -0.114. The van der Waals surface area contributed by atoms with Crippen molar-refractivity contribution in [2.75, 3.05) is 37.5 Å². The van der Waals surface area contributed by atoms with Crippen molar-refractivity contribution in [2.45, 2.75) is 11.8 Å². The predicted molar refractivity (Wildman–Crippen MR) is 125 cm³/mol. The fourth-order valence-electron chi connectivity index (χ4n) is 3.16. The summed E-state index contributed by atoms with van der Waals surface area (Å²) in [5.41, 5.74) is 1.41. The maximum atomic E-state index is 13.7. The van der Waals surface area contributed by atoms with E-state index < -0.39 is 22.5 Å². The number of methoxy groups -OCH3 is 3. The molecule has 10 heteroatoms. The molecule has 1 amide bonds. The molecule has 174 valence electrons. The van der Waals surface area contributed by atoms with Gasteiger partial charge in [-0.15, -0.1) is 0 Å². The van der Waals surface area contributed by atoms with Crippen molar-refractivity contribution in [1.82, 2.24) is 4.98 Å². The van der Waals surface area contributed by atoms with Gasteiger partial charge in [0, 0.05) is 18.3 Å². The van der Waals surface area contributed by atoms with Gasteiger partial charge in [-0.25, -0.2) is 8.42 Å². The first-order chi connectivity index (χ1) is 15.8. The van der Waals surface area contributed by atoms with Crippen LogP contribution in [-0.2, 0) is 14.8 Å². The van der Waals surface area contributed by atoms with Gasteiger partial charge in [0.15, 0.2) is 11.5 Å². The number of nitrogens with zero attached hydrogens (tertiary/aromatic N) is 2. The second kappa shape index (κ2) is 10.2. The van der Waals surface area contributed by atoms with E-state index in [1.54, 1.807) is 43.5 Å². The van der Waals surface area contributed by atoms with E-state index in [0.29, 0.717) is 28.4 Å². The molecule has 3 rings (SSSR count). The average Bonchev–Trinajstić information content (AvgIpc) is 2.83. The molecule has 0 bridgehead atoms. The summed E-state index contributed by atoms with van der Waals surface area (Å²) in [7, 11) is 0.177. The Morgan fingerprint density at radius 3 is 2.39 bits per heavy atom. The number of nitrogens with one attached hydrogen (secondary N) is 1. The molecule has 0 saturated heterocycles. The second-order valence-electron chi connectivity index (χ2n) is 6.97. The molecule has 0 aliphatic carbocycles. The van der Waals surface area contributed by atoms with Crippen LogP contribution in [0.1, 0.15) is 5.56 Å². The van der Waals surface area contributed by atoms with Crippen molar-refractivity contribution in [3.05, 3.63) is 66.5 Å². The minimum absolute atomic E-state index is 0.0588. The highest BCUT2D eigenvalue weighted by Crippen LogP contribution is 2.34. The lowest BCUT2D eigenvalue weighted by Crippen LogP contribution is -2.38. The standard InChI is InChI=1S/C23H25N3O6S/c1-16-7-8-18(30-2)12-20(16)26(15-23(27)25-17-6-5-11-24-14-17)33(28,29)19-9-10-21(31-3)22(13-19)32-4/h5-14H,15H2,1-4H3,(H,25,27). The second-order valence-corrected chi connectivity index (χ2v) is 8.83. The Hall–Kier alpha value is -3.79. The van der Waals surface area contributed by atoms with E-state index in [-0.39, 0.29) is 10.6 Å². The molecule has 9 nitrogen and oxygen atoms in total. The Balaban J connectivity index is 2.07. The van der Waals surface area contributed by atoms with Crippen LogP contribution in [0.15, 0.2) is 65.8 Å². The van der Waals surface area contributed by atoms with E-state index in [1.807, 2.05) is 0 Å². The van der Waals surface area contributed by atoms with Crippen molar-refractivity contribution in [2.24, 2.45) is 0 Å². The first kappa shape index (κ1) is 23.9.